The second-order valence-corrected chi connectivity index (χ2v) is 4.15. The fraction of sp³-hybridized carbons (Fsp3) is 0.0909. The van der Waals surface area contributed by atoms with Crippen molar-refractivity contribution in [2.24, 2.45) is 0 Å². The first kappa shape index (κ1) is 10.8. The molecule has 0 unspecified atom stereocenters. The number of methoxy groups -OCH3 is 1. The maximum Gasteiger partial charge on any atom is 0.233 e. The Morgan fingerprint density at radius 1 is 1.22 bits per heavy atom. The zero-order valence-corrected chi connectivity index (χ0v) is 10.3. The molecule has 0 fully saturated rings. The molecule has 90 valence electrons. The minimum absolute atomic E-state index is 0.473. The van der Waals surface area contributed by atoms with Crippen molar-refractivity contribution in [2.45, 2.75) is 0 Å². The van der Waals surface area contributed by atoms with Gasteiger partial charge in [-0.05, 0) is 12.1 Å². The molecule has 0 aliphatic rings. The van der Waals surface area contributed by atoms with E-state index in [9.17, 15) is 0 Å². The van der Waals surface area contributed by atoms with E-state index >= 15 is 0 Å². The Bertz CT molecular complexity index is 632. The third kappa shape index (κ3) is 1.84. The van der Waals surface area contributed by atoms with E-state index in [2.05, 4.69) is 20.3 Å². The molecule has 0 saturated heterocycles. The second-order valence-electron chi connectivity index (χ2n) is 3.44. The van der Waals surface area contributed by atoms with E-state index in [4.69, 9.17) is 4.74 Å². The average molecular weight is 259 g/mol. The molecule has 3 rings (SSSR count). The van der Waals surface area contributed by atoms with E-state index in [1.54, 1.807) is 35.6 Å². The molecule has 0 radical (unpaired) electrons. The molecule has 7 heteroatoms. The van der Waals surface area contributed by atoms with Gasteiger partial charge in [0.15, 0.2) is 5.82 Å². The predicted octanol–water partition coefficient (Wildman–Crippen LogP) is 1.79. The van der Waals surface area contributed by atoms with Crippen molar-refractivity contribution in [1.82, 2.24) is 25.0 Å². The molecule has 6 nitrogen and oxygen atoms in total. The highest BCUT2D eigenvalue weighted by molar-refractivity contribution is 7.07. The van der Waals surface area contributed by atoms with Crippen LogP contribution in [0.1, 0.15) is 0 Å². The lowest BCUT2D eigenvalue weighted by Gasteiger charge is -2.04. The maximum absolute atomic E-state index is 4.98. The van der Waals surface area contributed by atoms with E-state index in [0.717, 1.165) is 11.4 Å². The molecule has 0 spiro atoms. The van der Waals surface area contributed by atoms with Crippen LogP contribution in [-0.2, 0) is 0 Å². The molecule has 0 atom stereocenters. The van der Waals surface area contributed by atoms with Gasteiger partial charge in [0.1, 0.15) is 0 Å². The molecule has 0 amide bonds. The Morgan fingerprint density at radius 2 is 2.17 bits per heavy atom. The molecule has 3 aromatic heterocycles. The van der Waals surface area contributed by atoms with Gasteiger partial charge in [-0.2, -0.15) is 5.10 Å². The van der Waals surface area contributed by atoms with E-state index in [1.807, 2.05) is 11.4 Å². The van der Waals surface area contributed by atoms with Crippen LogP contribution in [0.15, 0.2) is 35.3 Å². The molecular formula is C11H9N5OS. The van der Waals surface area contributed by atoms with Crippen LogP contribution in [0.25, 0.3) is 17.2 Å². The van der Waals surface area contributed by atoms with Gasteiger partial charge in [-0.3, -0.25) is 0 Å². The maximum atomic E-state index is 4.98. The third-order valence-electron chi connectivity index (χ3n) is 2.39. The summed E-state index contributed by atoms with van der Waals surface area (Å²) in [5.74, 6) is 1.10. The van der Waals surface area contributed by atoms with Gasteiger partial charge in [0, 0.05) is 11.4 Å². The van der Waals surface area contributed by atoms with Crippen LogP contribution in [0, 0.1) is 0 Å². The minimum Gasteiger partial charge on any atom is -0.480 e. The number of aromatic nitrogens is 5. The second kappa shape index (κ2) is 4.53. The Balaban J connectivity index is 2.04. The van der Waals surface area contributed by atoms with Gasteiger partial charge in [0.05, 0.1) is 30.2 Å². The van der Waals surface area contributed by atoms with E-state index in [0.29, 0.717) is 11.7 Å². The Kier molecular flexibility index (Phi) is 2.73. The highest BCUT2D eigenvalue weighted by Gasteiger charge is 2.10. The Morgan fingerprint density at radius 3 is 2.83 bits per heavy atom. The SMILES string of the molecule is COc1ccc(-n2nccc2-c2cscn2)nn1. The Hall–Kier alpha value is -2.28. The molecule has 3 heterocycles. The number of thiazole rings is 1. The smallest absolute Gasteiger partial charge is 0.233 e. The molecule has 0 saturated carbocycles. The van der Waals surface area contributed by atoms with Crippen LogP contribution in [0.5, 0.6) is 5.88 Å². The molecule has 0 aliphatic heterocycles. The molecule has 0 aromatic carbocycles. The first-order valence-electron chi connectivity index (χ1n) is 5.19. The van der Waals surface area contributed by atoms with Crippen molar-refractivity contribution in [3.63, 3.8) is 0 Å². The van der Waals surface area contributed by atoms with E-state index < -0.39 is 0 Å². The van der Waals surface area contributed by atoms with Gasteiger partial charge in [-0.1, -0.05) is 0 Å². The van der Waals surface area contributed by atoms with E-state index in [1.165, 1.54) is 11.3 Å². The third-order valence-corrected chi connectivity index (χ3v) is 2.98. The molecule has 18 heavy (non-hydrogen) atoms. The lowest BCUT2D eigenvalue weighted by Crippen LogP contribution is -2.03. The molecule has 0 aliphatic carbocycles. The minimum atomic E-state index is 0.473. The van der Waals surface area contributed by atoms with Crippen molar-refractivity contribution >= 4 is 11.3 Å². The van der Waals surface area contributed by atoms with Crippen LogP contribution in [0.2, 0.25) is 0 Å². The summed E-state index contributed by atoms with van der Waals surface area (Å²) >= 11 is 1.54. The fourth-order valence-corrected chi connectivity index (χ4v) is 2.10. The van der Waals surface area contributed by atoms with Crippen molar-refractivity contribution in [2.75, 3.05) is 7.11 Å². The highest BCUT2D eigenvalue weighted by atomic mass is 32.1. The lowest BCUT2D eigenvalue weighted by molar-refractivity contribution is 0.391. The molecule has 0 bridgehead atoms. The van der Waals surface area contributed by atoms with Gasteiger partial charge in [0.2, 0.25) is 5.88 Å². The number of hydrogen-bond acceptors (Lipinski definition) is 6. The highest BCUT2D eigenvalue weighted by Crippen LogP contribution is 2.21. The first-order chi connectivity index (χ1) is 8.88. The van der Waals surface area contributed by atoms with Crippen molar-refractivity contribution in [1.29, 1.82) is 0 Å². The summed E-state index contributed by atoms with van der Waals surface area (Å²) < 4.78 is 6.67. The quantitative estimate of drug-likeness (QED) is 0.717. The molecule has 3 aromatic rings. The number of rotatable bonds is 3. The standard InChI is InChI=1S/C11H9N5OS/c1-17-11-3-2-10(14-15-11)16-9(4-5-13-16)8-6-18-7-12-8/h2-7H,1H3. The van der Waals surface area contributed by atoms with Gasteiger partial charge in [-0.15, -0.1) is 21.5 Å². The van der Waals surface area contributed by atoms with Gasteiger partial charge < -0.3 is 4.74 Å². The van der Waals surface area contributed by atoms with Crippen LogP contribution < -0.4 is 4.74 Å². The largest absolute Gasteiger partial charge is 0.480 e. The normalized spacial score (nSPS) is 10.5. The van der Waals surface area contributed by atoms with Crippen LogP contribution >= 0.6 is 11.3 Å². The van der Waals surface area contributed by atoms with Gasteiger partial charge in [0.25, 0.3) is 0 Å². The number of hydrogen-bond donors (Lipinski definition) is 0. The monoisotopic (exact) mass is 259 g/mol. The zero-order chi connectivity index (χ0) is 12.4. The van der Waals surface area contributed by atoms with Gasteiger partial charge in [-0.25, -0.2) is 9.67 Å². The van der Waals surface area contributed by atoms with Crippen molar-refractivity contribution < 1.29 is 4.74 Å². The van der Waals surface area contributed by atoms with Crippen LogP contribution in [0.4, 0.5) is 0 Å². The Labute approximate surface area is 107 Å². The average Bonchev–Trinajstić information content (AvgIpc) is 3.09. The zero-order valence-electron chi connectivity index (χ0n) is 9.52. The summed E-state index contributed by atoms with van der Waals surface area (Å²) in [7, 11) is 1.55. The summed E-state index contributed by atoms with van der Waals surface area (Å²) in [6, 6.07) is 5.44. The van der Waals surface area contributed by atoms with Crippen LogP contribution in [-0.4, -0.2) is 32.1 Å². The molecular weight excluding hydrogens is 250 g/mol. The summed E-state index contributed by atoms with van der Waals surface area (Å²) in [5, 5.41) is 14.2. The van der Waals surface area contributed by atoms with Crippen molar-refractivity contribution in [3.8, 4) is 23.1 Å². The lowest BCUT2D eigenvalue weighted by atomic mass is 10.3. The molecule has 0 N–H and O–H groups in total. The van der Waals surface area contributed by atoms with Gasteiger partial charge >= 0.3 is 0 Å². The summed E-state index contributed by atoms with van der Waals surface area (Å²) in [4.78, 5) is 4.26. The fourth-order valence-electron chi connectivity index (χ4n) is 1.55. The van der Waals surface area contributed by atoms with Crippen LogP contribution in [0.3, 0.4) is 0 Å². The summed E-state index contributed by atoms with van der Waals surface area (Å²) in [6.45, 7) is 0. The summed E-state index contributed by atoms with van der Waals surface area (Å²) in [5.41, 5.74) is 3.54. The topological polar surface area (TPSA) is 65.7 Å². The van der Waals surface area contributed by atoms with E-state index in [-0.39, 0.29) is 0 Å². The summed E-state index contributed by atoms with van der Waals surface area (Å²) in [6.07, 6.45) is 1.71. The predicted molar refractivity (Wildman–Crippen MR) is 66.8 cm³/mol. The first-order valence-corrected chi connectivity index (χ1v) is 6.13. The number of nitrogens with zero attached hydrogens (tertiary/aromatic N) is 5. The number of ether oxygens (including phenoxy) is 1. The van der Waals surface area contributed by atoms with Crippen molar-refractivity contribution in [3.05, 3.63) is 35.3 Å².